The van der Waals surface area contributed by atoms with Crippen molar-refractivity contribution in [3.8, 4) is 17.1 Å². The molecule has 4 heterocycles. The summed E-state index contributed by atoms with van der Waals surface area (Å²) in [5.74, 6) is 1.34. The summed E-state index contributed by atoms with van der Waals surface area (Å²) in [5.41, 5.74) is 1.60. The van der Waals surface area contributed by atoms with Crippen LogP contribution in [0.15, 0.2) is 36.8 Å². The molecule has 0 fully saturated rings. The lowest BCUT2D eigenvalue weighted by molar-refractivity contribution is 0.232. The van der Waals surface area contributed by atoms with Gasteiger partial charge >= 0.3 is 6.03 Å². The molecule has 4 rings (SSSR count). The van der Waals surface area contributed by atoms with Crippen LogP contribution in [-0.2, 0) is 0 Å². The monoisotopic (exact) mass is 371 g/mol. The number of nitrogens with zero attached hydrogens (tertiary/aromatic N) is 4. The van der Waals surface area contributed by atoms with Crippen LogP contribution in [0.25, 0.3) is 11.4 Å². The number of urea groups is 1. The summed E-state index contributed by atoms with van der Waals surface area (Å²) in [5, 5.41) is 12.6. The quantitative estimate of drug-likeness (QED) is 0.609. The zero-order chi connectivity index (χ0) is 17.9. The number of ether oxygens (including phenoxy) is 1. The van der Waals surface area contributed by atoms with Crippen molar-refractivity contribution in [1.29, 1.82) is 0 Å². The first-order valence-electron chi connectivity index (χ1n) is 7.87. The van der Waals surface area contributed by atoms with Gasteiger partial charge in [0.15, 0.2) is 5.82 Å². The van der Waals surface area contributed by atoms with Gasteiger partial charge in [-0.05, 0) is 12.1 Å². The van der Waals surface area contributed by atoms with Gasteiger partial charge in [-0.3, -0.25) is 15.4 Å². The molecule has 3 aromatic heterocycles. The molecule has 0 unspecified atom stereocenters. The summed E-state index contributed by atoms with van der Waals surface area (Å²) in [6, 6.07) is 4.57. The predicted octanol–water partition coefficient (Wildman–Crippen LogP) is 2.56. The summed E-state index contributed by atoms with van der Waals surface area (Å²) in [4.78, 5) is 24.5. The molecule has 0 bridgehead atoms. The highest BCUT2D eigenvalue weighted by molar-refractivity contribution is 6.29. The molecule has 9 nitrogen and oxygen atoms in total. The standard InChI is InChI=1S/C16H14ClN7O2/c17-13-7-12-10(8-19-13)11(3-6-26-12)20-16(25)22-15-21-14(23-24-15)9-1-4-18-5-2-9/h1-2,4-5,7-8,11H,3,6H2,(H3,20,21,22,23,24,25)/t11-/m0/s1. The van der Waals surface area contributed by atoms with Crippen LogP contribution in [0.2, 0.25) is 5.15 Å². The number of nitrogens with one attached hydrogen (secondary N) is 3. The van der Waals surface area contributed by atoms with Crippen LogP contribution in [0, 0.1) is 0 Å². The topological polar surface area (TPSA) is 118 Å². The second-order valence-corrected chi connectivity index (χ2v) is 5.96. The maximum Gasteiger partial charge on any atom is 0.322 e. The second kappa shape index (κ2) is 6.96. The molecule has 1 aliphatic rings. The van der Waals surface area contributed by atoms with E-state index in [1.54, 1.807) is 36.8 Å². The van der Waals surface area contributed by atoms with E-state index in [0.717, 1.165) is 11.1 Å². The zero-order valence-electron chi connectivity index (χ0n) is 13.4. The molecule has 0 saturated carbocycles. The zero-order valence-corrected chi connectivity index (χ0v) is 14.2. The maximum atomic E-state index is 12.3. The Hall–Kier alpha value is -3.20. The lowest BCUT2D eigenvalue weighted by Crippen LogP contribution is -2.35. The molecule has 10 heteroatoms. The minimum atomic E-state index is -0.418. The molecule has 1 atom stereocenters. The first-order valence-corrected chi connectivity index (χ1v) is 8.25. The Balaban J connectivity index is 1.43. The molecule has 26 heavy (non-hydrogen) atoms. The van der Waals surface area contributed by atoms with Gasteiger partial charge in [0, 0.05) is 42.2 Å². The molecular formula is C16H14ClN7O2. The molecule has 0 saturated heterocycles. The van der Waals surface area contributed by atoms with Gasteiger partial charge in [-0.1, -0.05) is 11.6 Å². The third-order valence-corrected chi connectivity index (χ3v) is 4.08. The summed E-state index contributed by atoms with van der Waals surface area (Å²) < 4.78 is 5.56. The molecule has 0 spiro atoms. The molecule has 3 aromatic rings. The average molecular weight is 372 g/mol. The Morgan fingerprint density at radius 1 is 1.35 bits per heavy atom. The number of halogens is 1. The predicted molar refractivity (Wildman–Crippen MR) is 93.9 cm³/mol. The summed E-state index contributed by atoms with van der Waals surface area (Å²) in [6.45, 7) is 0.477. The van der Waals surface area contributed by atoms with Crippen molar-refractivity contribution >= 4 is 23.6 Å². The van der Waals surface area contributed by atoms with Gasteiger partial charge in [-0.2, -0.15) is 4.98 Å². The fourth-order valence-corrected chi connectivity index (χ4v) is 2.80. The molecule has 0 aromatic carbocycles. The van der Waals surface area contributed by atoms with Gasteiger partial charge in [-0.25, -0.2) is 9.78 Å². The van der Waals surface area contributed by atoms with E-state index < -0.39 is 6.03 Å². The van der Waals surface area contributed by atoms with E-state index >= 15 is 0 Å². The number of rotatable bonds is 3. The van der Waals surface area contributed by atoms with Crippen LogP contribution >= 0.6 is 11.6 Å². The number of carbonyl (C=O) groups is 1. The number of aromatic amines is 1. The average Bonchev–Trinajstić information content (AvgIpc) is 3.11. The largest absolute Gasteiger partial charge is 0.493 e. The minimum Gasteiger partial charge on any atom is -0.493 e. The lowest BCUT2D eigenvalue weighted by atomic mass is 10.0. The molecule has 0 radical (unpaired) electrons. The molecule has 2 amide bonds. The highest BCUT2D eigenvalue weighted by atomic mass is 35.5. The smallest absolute Gasteiger partial charge is 0.322 e. The van der Waals surface area contributed by atoms with Gasteiger partial charge in [0.05, 0.1) is 12.6 Å². The fraction of sp³-hybridized carbons (Fsp3) is 0.188. The van der Waals surface area contributed by atoms with Crippen LogP contribution in [0.5, 0.6) is 5.75 Å². The number of amides is 2. The van der Waals surface area contributed by atoms with E-state index in [1.165, 1.54) is 0 Å². The summed E-state index contributed by atoms with van der Waals surface area (Å²) in [6.07, 6.45) is 5.54. The highest BCUT2D eigenvalue weighted by Crippen LogP contribution is 2.32. The van der Waals surface area contributed by atoms with E-state index in [4.69, 9.17) is 16.3 Å². The van der Waals surface area contributed by atoms with Gasteiger partial charge < -0.3 is 10.1 Å². The van der Waals surface area contributed by atoms with Gasteiger partial charge in [-0.15, -0.1) is 5.10 Å². The molecule has 1 aliphatic heterocycles. The van der Waals surface area contributed by atoms with Crippen LogP contribution in [0.4, 0.5) is 10.7 Å². The number of anilines is 1. The molecule has 3 N–H and O–H groups in total. The molecular weight excluding hydrogens is 358 g/mol. The molecule has 132 valence electrons. The van der Waals surface area contributed by atoms with Crippen molar-refractivity contribution in [2.45, 2.75) is 12.5 Å². The SMILES string of the molecule is O=C(Nc1n[nH]c(-c2ccncc2)n1)N[C@H]1CCOc2cc(Cl)ncc21. The normalized spacial score (nSPS) is 15.7. The highest BCUT2D eigenvalue weighted by Gasteiger charge is 2.24. The Morgan fingerprint density at radius 3 is 3.04 bits per heavy atom. The van der Waals surface area contributed by atoms with Crippen molar-refractivity contribution in [1.82, 2.24) is 30.5 Å². The van der Waals surface area contributed by atoms with Crippen molar-refractivity contribution in [2.24, 2.45) is 0 Å². The van der Waals surface area contributed by atoms with Gasteiger partial charge in [0.1, 0.15) is 10.9 Å². The summed E-state index contributed by atoms with van der Waals surface area (Å²) >= 11 is 5.88. The number of carbonyl (C=O) groups excluding carboxylic acids is 1. The summed E-state index contributed by atoms with van der Waals surface area (Å²) in [7, 11) is 0. The second-order valence-electron chi connectivity index (χ2n) is 5.58. The van der Waals surface area contributed by atoms with Crippen LogP contribution < -0.4 is 15.4 Å². The third kappa shape index (κ3) is 3.42. The first-order chi connectivity index (χ1) is 12.7. The van der Waals surface area contributed by atoms with E-state index in [9.17, 15) is 4.79 Å². The van der Waals surface area contributed by atoms with Crippen LogP contribution in [-0.4, -0.2) is 37.8 Å². The van der Waals surface area contributed by atoms with Crippen molar-refractivity contribution in [3.63, 3.8) is 0 Å². The van der Waals surface area contributed by atoms with Crippen molar-refractivity contribution in [3.05, 3.63) is 47.5 Å². The Morgan fingerprint density at radius 2 is 2.19 bits per heavy atom. The van der Waals surface area contributed by atoms with Crippen LogP contribution in [0.1, 0.15) is 18.0 Å². The van der Waals surface area contributed by atoms with Crippen molar-refractivity contribution in [2.75, 3.05) is 11.9 Å². The maximum absolute atomic E-state index is 12.3. The van der Waals surface area contributed by atoms with Crippen molar-refractivity contribution < 1.29 is 9.53 Å². The van der Waals surface area contributed by atoms with E-state index in [0.29, 0.717) is 29.8 Å². The Bertz CT molecular complexity index is 931. The van der Waals surface area contributed by atoms with E-state index in [-0.39, 0.29) is 12.0 Å². The Labute approximate surface area is 153 Å². The Kier molecular flexibility index (Phi) is 4.36. The number of hydrogen-bond donors (Lipinski definition) is 3. The van der Waals surface area contributed by atoms with E-state index in [2.05, 4.69) is 35.8 Å². The number of H-pyrrole nitrogens is 1. The number of pyridine rings is 2. The van der Waals surface area contributed by atoms with Gasteiger partial charge in [0.2, 0.25) is 5.95 Å². The van der Waals surface area contributed by atoms with Crippen LogP contribution in [0.3, 0.4) is 0 Å². The number of fused-ring (bicyclic) bond motifs is 1. The number of hydrogen-bond acceptors (Lipinski definition) is 6. The third-order valence-electron chi connectivity index (χ3n) is 3.87. The van der Waals surface area contributed by atoms with Gasteiger partial charge in [0.25, 0.3) is 0 Å². The first kappa shape index (κ1) is 16.3. The fourth-order valence-electron chi connectivity index (χ4n) is 2.65. The van der Waals surface area contributed by atoms with E-state index in [1.807, 2.05) is 0 Å². The molecule has 0 aliphatic carbocycles. The number of aromatic nitrogens is 5. The minimum absolute atomic E-state index is 0.177. The lowest BCUT2D eigenvalue weighted by Gasteiger charge is -2.26.